The number of benzene rings is 2. The number of alkyl halides is 4. The predicted molar refractivity (Wildman–Crippen MR) is 96.0 cm³/mol. The maximum atomic E-state index is 13.1. The average molecular weight is 436 g/mol. The van der Waals surface area contributed by atoms with E-state index in [-0.39, 0.29) is 46.3 Å². The molecule has 3 aromatic rings. The topological polar surface area (TPSA) is 61.3 Å². The zero-order valence-electron chi connectivity index (χ0n) is 14.9. The van der Waals surface area contributed by atoms with Crippen molar-refractivity contribution in [2.45, 2.75) is 12.5 Å². The molecule has 1 heterocycles. The largest absolute Gasteiger partial charge is 1.00 e. The molecule has 146 valence electrons. The standard InChI is InChI=1S/C18H11ClF4N3O2.Na/c19-14-7-2-1-6-13(14)15-8-9-24-17(25-15)26(27)11-4-3-5-12(10-11)28-18(22,23)16(20)21;/h1-10,16H;/q-1;+1. The van der Waals surface area contributed by atoms with Gasteiger partial charge in [-0.15, -0.1) is 0 Å². The van der Waals surface area contributed by atoms with Gasteiger partial charge in [0.1, 0.15) is 5.75 Å². The number of rotatable bonds is 6. The van der Waals surface area contributed by atoms with Crippen molar-refractivity contribution in [2.24, 2.45) is 0 Å². The summed E-state index contributed by atoms with van der Waals surface area (Å²) in [6, 6.07) is 12.7. The first-order valence-corrected chi connectivity index (χ1v) is 8.16. The first-order chi connectivity index (χ1) is 13.3. The summed E-state index contributed by atoms with van der Waals surface area (Å²) in [5.74, 6) is -0.902. The minimum atomic E-state index is -4.69. The molecule has 0 bridgehead atoms. The van der Waals surface area contributed by atoms with E-state index in [9.17, 15) is 22.8 Å². The number of hydrogen-bond acceptors (Lipinski definition) is 5. The molecule has 0 saturated carbocycles. The molecule has 11 heteroatoms. The first-order valence-electron chi connectivity index (χ1n) is 7.78. The molecule has 0 N–H and O–H groups in total. The van der Waals surface area contributed by atoms with Gasteiger partial charge in [0.15, 0.2) is 0 Å². The van der Waals surface area contributed by atoms with Crippen LogP contribution < -0.4 is 39.4 Å². The van der Waals surface area contributed by atoms with Gasteiger partial charge in [-0.05, 0) is 24.3 Å². The molecule has 0 fully saturated rings. The molecular weight excluding hydrogens is 425 g/mol. The van der Waals surface area contributed by atoms with Crippen LogP contribution >= 0.6 is 11.6 Å². The summed E-state index contributed by atoms with van der Waals surface area (Å²) in [7, 11) is 0. The van der Waals surface area contributed by atoms with Crippen LogP contribution in [0.25, 0.3) is 11.3 Å². The van der Waals surface area contributed by atoms with E-state index in [0.717, 1.165) is 12.1 Å². The zero-order valence-corrected chi connectivity index (χ0v) is 17.7. The minimum absolute atomic E-state index is 0. The molecule has 2 aromatic carbocycles. The molecule has 0 radical (unpaired) electrons. The Bertz CT molecular complexity index is 981. The predicted octanol–water partition coefficient (Wildman–Crippen LogP) is 2.67. The Morgan fingerprint density at radius 2 is 1.79 bits per heavy atom. The summed E-state index contributed by atoms with van der Waals surface area (Å²) in [5, 5.41) is 13.2. The van der Waals surface area contributed by atoms with Crippen molar-refractivity contribution in [3.05, 3.63) is 71.0 Å². The molecule has 1 aromatic heterocycles. The Hall–Kier alpha value is -1.91. The Labute approximate surface area is 190 Å². The fourth-order valence-electron chi connectivity index (χ4n) is 2.26. The second kappa shape index (κ2) is 9.73. The number of halogens is 5. The van der Waals surface area contributed by atoms with E-state index in [0.29, 0.717) is 16.3 Å². The molecule has 0 amide bonds. The van der Waals surface area contributed by atoms with E-state index in [1.165, 1.54) is 18.3 Å². The maximum absolute atomic E-state index is 13.1. The van der Waals surface area contributed by atoms with Gasteiger partial charge in [-0.1, -0.05) is 35.9 Å². The van der Waals surface area contributed by atoms with Crippen LogP contribution in [0.4, 0.5) is 29.2 Å². The Balaban J connectivity index is 0.00000300. The van der Waals surface area contributed by atoms with Gasteiger partial charge >= 0.3 is 42.1 Å². The summed E-state index contributed by atoms with van der Waals surface area (Å²) >= 11 is 6.11. The van der Waals surface area contributed by atoms with Crippen LogP contribution in [0.15, 0.2) is 60.8 Å². The summed E-state index contributed by atoms with van der Waals surface area (Å²) in [6.45, 7) is 0. The van der Waals surface area contributed by atoms with Gasteiger partial charge in [0, 0.05) is 28.5 Å². The van der Waals surface area contributed by atoms with Crippen molar-refractivity contribution >= 4 is 23.2 Å². The SMILES string of the molecule is [Na+].[O-]N(c1cccc(OC(F)(F)C(F)F)c1)c1nccc(-c2ccccc2Cl)n1. The van der Waals surface area contributed by atoms with Crippen LogP contribution in [0.5, 0.6) is 5.75 Å². The van der Waals surface area contributed by atoms with Gasteiger partial charge in [0.25, 0.3) is 0 Å². The number of nitrogens with zero attached hydrogens (tertiary/aromatic N) is 3. The van der Waals surface area contributed by atoms with Crippen molar-refractivity contribution < 1.29 is 51.9 Å². The van der Waals surface area contributed by atoms with E-state index in [4.69, 9.17) is 11.6 Å². The van der Waals surface area contributed by atoms with Crippen molar-refractivity contribution in [2.75, 3.05) is 5.06 Å². The van der Waals surface area contributed by atoms with Crippen LogP contribution in [-0.4, -0.2) is 22.5 Å². The molecule has 0 saturated heterocycles. The average Bonchev–Trinajstić information content (AvgIpc) is 2.67. The van der Waals surface area contributed by atoms with E-state index >= 15 is 0 Å². The van der Waals surface area contributed by atoms with Crippen LogP contribution in [0.2, 0.25) is 5.02 Å². The van der Waals surface area contributed by atoms with Crippen molar-refractivity contribution in [1.82, 2.24) is 9.97 Å². The quantitative estimate of drug-likeness (QED) is 0.338. The van der Waals surface area contributed by atoms with E-state index < -0.39 is 18.3 Å². The van der Waals surface area contributed by atoms with Gasteiger partial charge < -0.3 is 15.0 Å². The fraction of sp³-hybridized carbons (Fsp3) is 0.111. The number of anilines is 2. The smallest absolute Gasteiger partial charge is 0.752 e. The van der Waals surface area contributed by atoms with Gasteiger partial charge in [-0.25, -0.2) is 9.97 Å². The van der Waals surface area contributed by atoms with Crippen LogP contribution in [-0.2, 0) is 0 Å². The van der Waals surface area contributed by atoms with Gasteiger partial charge in [0.2, 0.25) is 5.95 Å². The molecule has 0 aliphatic heterocycles. The van der Waals surface area contributed by atoms with Crippen molar-refractivity contribution in [3.8, 4) is 17.0 Å². The van der Waals surface area contributed by atoms with Crippen LogP contribution in [0, 0.1) is 5.21 Å². The first kappa shape index (κ1) is 23.4. The zero-order chi connectivity index (χ0) is 20.3. The Kier molecular flexibility index (Phi) is 7.84. The van der Waals surface area contributed by atoms with Crippen LogP contribution in [0.3, 0.4) is 0 Å². The maximum Gasteiger partial charge on any atom is 1.00 e. The van der Waals surface area contributed by atoms with Crippen molar-refractivity contribution in [1.29, 1.82) is 0 Å². The van der Waals surface area contributed by atoms with Crippen LogP contribution in [0.1, 0.15) is 0 Å². The molecule has 5 nitrogen and oxygen atoms in total. The normalized spacial score (nSPS) is 11.1. The number of hydrogen-bond donors (Lipinski definition) is 0. The molecule has 0 aliphatic carbocycles. The third kappa shape index (κ3) is 5.58. The monoisotopic (exact) mass is 435 g/mol. The Morgan fingerprint density at radius 1 is 1.07 bits per heavy atom. The van der Waals surface area contributed by atoms with E-state index in [1.807, 2.05) is 0 Å². The second-order valence-electron chi connectivity index (χ2n) is 5.48. The summed E-state index contributed by atoms with van der Waals surface area (Å²) in [5.41, 5.74) is 0.752. The molecule has 0 unspecified atom stereocenters. The number of aromatic nitrogens is 2. The molecule has 29 heavy (non-hydrogen) atoms. The van der Waals surface area contributed by atoms with E-state index in [1.54, 1.807) is 30.3 Å². The molecule has 0 atom stereocenters. The van der Waals surface area contributed by atoms with Gasteiger partial charge in [-0.2, -0.15) is 17.6 Å². The molecule has 0 spiro atoms. The van der Waals surface area contributed by atoms with Gasteiger partial charge in [-0.3, -0.25) is 0 Å². The van der Waals surface area contributed by atoms with Crippen molar-refractivity contribution in [3.63, 3.8) is 0 Å². The minimum Gasteiger partial charge on any atom is -0.752 e. The number of ether oxygens (including phenoxy) is 1. The third-order valence-electron chi connectivity index (χ3n) is 3.53. The van der Waals surface area contributed by atoms with Gasteiger partial charge in [0.05, 0.1) is 5.69 Å². The summed E-state index contributed by atoms with van der Waals surface area (Å²) in [6.07, 6.45) is -7.38. The summed E-state index contributed by atoms with van der Waals surface area (Å²) in [4.78, 5) is 7.98. The Morgan fingerprint density at radius 3 is 2.48 bits per heavy atom. The molecular formula is C18H11ClF4N3NaO2. The molecule has 3 rings (SSSR count). The molecule has 0 aliphatic rings. The third-order valence-corrected chi connectivity index (χ3v) is 3.86. The second-order valence-corrected chi connectivity index (χ2v) is 5.89. The summed E-state index contributed by atoms with van der Waals surface area (Å²) < 4.78 is 54.7. The van der Waals surface area contributed by atoms with E-state index in [2.05, 4.69) is 14.7 Å². The fourth-order valence-corrected chi connectivity index (χ4v) is 2.49.